The number of nitrogens with one attached hydrogen (secondary N) is 1. The van der Waals surface area contributed by atoms with Gasteiger partial charge in [-0.25, -0.2) is 4.79 Å². The van der Waals surface area contributed by atoms with Crippen LogP contribution in [-0.2, 0) is 11.2 Å². The number of benzene rings is 2. The molecule has 1 unspecified atom stereocenters. The topological polar surface area (TPSA) is 67.9 Å². The van der Waals surface area contributed by atoms with Crippen molar-refractivity contribution in [3.63, 3.8) is 0 Å². The molecule has 1 atom stereocenters. The Bertz CT molecular complexity index is 904. The predicted octanol–water partition coefficient (Wildman–Crippen LogP) is 3.92. The number of hydrogen-bond acceptors (Lipinski definition) is 4. The average molecular weight is 418 g/mol. The summed E-state index contributed by atoms with van der Waals surface area (Å²) in [5, 5.41) is 2.76. The summed E-state index contributed by atoms with van der Waals surface area (Å²) >= 11 is 0. The van der Waals surface area contributed by atoms with Crippen LogP contribution >= 0.6 is 0 Å². The molecular formula is C22H24F2N2O4. The smallest absolute Gasteiger partial charge is 0.387 e. The Morgan fingerprint density at radius 2 is 1.80 bits per heavy atom. The standard InChI is InChI=1S/C22H24F2N2O4/c1-15-5-3-4-6-18(15)29-14-13-26-19(27)22(2,25-21(26)28)12-11-16-7-9-17(10-8-16)30-20(23)24/h3-10,20H,11-14H2,1-2H3,(H,25,28). The lowest BCUT2D eigenvalue weighted by molar-refractivity contribution is -0.131. The Kier molecular flexibility index (Phi) is 6.54. The molecule has 0 radical (unpaired) electrons. The van der Waals surface area contributed by atoms with Crippen LogP contribution in [0.25, 0.3) is 0 Å². The fraction of sp³-hybridized carbons (Fsp3) is 0.364. The zero-order chi connectivity index (χ0) is 21.7. The molecule has 6 nitrogen and oxygen atoms in total. The van der Waals surface area contributed by atoms with Gasteiger partial charge in [-0.05, 0) is 56.0 Å². The van der Waals surface area contributed by atoms with Crippen LogP contribution in [-0.4, -0.2) is 42.1 Å². The SMILES string of the molecule is Cc1ccccc1OCCN1C(=O)NC(C)(CCc2ccc(OC(F)F)cc2)C1=O. The van der Waals surface area contributed by atoms with Crippen LogP contribution in [0, 0.1) is 6.92 Å². The maximum absolute atomic E-state index is 12.8. The van der Waals surface area contributed by atoms with E-state index in [1.807, 2.05) is 31.2 Å². The van der Waals surface area contributed by atoms with E-state index in [-0.39, 0.29) is 24.8 Å². The van der Waals surface area contributed by atoms with Crippen LogP contribution < -0.4 is 14.8 Å². The van der Waals surface area contributed by atoms with E-state index in [0.29, 0.717) is 18.6 Å². The Morgan fingerprint density at radius 1 is 1.10 bits per heavy atom. The first-order chi connectivity index (χ1) is 14.3. The molecule has 1 N–H and O–H groups in total. The van der Waals surface area contributed by atoms with Gasteiger partial charge in [-0.15, -0.1) is 0 Å². The average Bonchev–Trinajstić information content (AvgIpc) is 2.92. The third kappa shape index (κ3) is 5.06. The van der Waals surface area contributed by atoms with Crippen molar-refractivity contribution < 1.29 is 27.8 Å². The largest absolute Gasteiger partial charge is 0.491 e. The van der Waals surface area contributed by atoms with Gasteiger partial charge in [0.2, 0.25) is 0 Å². The van der Waals surface area contributed by atoms with Crippen LogP contribution in [0.5, 0.6) is 11.5 Å². The molecule has 0 bridgehead atoms. The molecule has 30 heavy (non-hydrogen) atoms. The minimum Gasteiger partial charge on any atom is -0.491 e. The van der Waals surface area contributed by atoms with Gasteiger partial charge in [0.1, 0.15) is 23.6 Å². The van der Waals surface area contributed by atoms with Crippen molar-refractivity contribution in [2.24, 2.45) is 0 Å². The summed E-state index contributed by atoms with van der Waals surface area (Å²) in [6.45, 7) is 1.08. The number of urea groups is 1. The van der Waals surface area contributed by atoms with Crippen LogP contribution in [0.1, 0.15) is 24.5 Å². The summed E-state index contributed by atoms with van der Waals surface area (Å²) in [5.74, 6) is 0.482. The van der Waals surface area contributed by atoms with Gasteiger partial charge in [-0.2, -0.15) is 8.78 Å². The second-order valence-corrected chi connectivity index (χ2v) is 7.36. The zero-order valence-electron chi connectivity index (χ0n) is 16.9. The molecule has 0 saturated carbocycles. The fourth-order valence-electron chi connectivity index (χ4n) is 3.32. The van der Waals surface area contributed by atoms with Crippen LogP contribution in [0.15, 0.2) is 48.5 Å². The molecule has 1 aliphatic rings. The van der Waals surface area contributed by atoms with E-state index in [2.05, 4.69) is 10.1 Å². The number of para-hydroxylation sites is 1. The first kappa shape index (κ1) is 21.5. The van der Waals surface area contributed by atoms with Gasteiger partial charge in [-0.1, -0.05) is 30.3 Å². The Morgan fingerprint density at radius 3 is 2.47 bits per heavy atom. The maximum Gasteiger partial charge on any atom is 0.387 e. The van der Waals surface area contributed by atoms with Gasteiger partial charge < -0.3 is 14.8 Å². The highest BCUT2D eigenvalue weighted by atomic mass is 19.3. The summed E-state index contributed by atoms with van der Waals surface area (Å²) in [6.07, 6.45) is 0.868. The summed E-state index contributed by atoms with van der Waals surface area (Å²) < 4.78 is 34.5. The van der Waals surface area contributed by atoms with E-state index >= 15 is 0 Å². The molecule has 3 rings (SSSR count). The van der Waals surface area contributed by atoms with E-state index in [9.17, 15) is 18.4 Å². The minimum absolute atomic E-state index is 0.0741. The summed E-state index contributed by atoms with van der Waals surface area (Å²) in [7, 11) is 0. The lowest BCUT2D eigenvalue weighted by Gasteiger charge is -2.22. The second kappa shape index (κ2) is 9.11. The number of amides is 3. The van der Waals surface area contributed by atoms with Crippen LogP contribution in [0.3, 0.4) is 0 Å². The highest BCUT2D eigenvalue weighted by Gasteiger charge is 2.47. The van der Waals surface area contributed by atoms with Crippen molar-refractivity contribution in [2.45, 2.75) is 38.8 Å². The molecule has 1 saturated heterocycles. The number of nitrogens with zero attached hydrogens (tertiary/aromatic N) is 1. The first-order valence-corrected chi connectivity index (χ1v) is 9.65. The first-order valence-electron chi connectivity index (χ1n) is 9.65. The van der Waals surface area contributed by atoms with Crippen molar-refractivity contribution in [1.82, 2.24) is 10.2 Å². The molecule has 0 spiro atoms. The molecule has 8 heteroatoms. The molecule has 0 aliphatic carbocycles. The van der Waals surface area contributed by atoms with Gasteiger partial charge in [0, 0.05) is 0 Å². The Hall–Kier alpha value is -3.16. The predicted molar refractivity (Wildman–Crippen MR) is 107 cm³/mol. The normalized spacial score (nSPS) is 18.6. The number of rotatable bonds is 9. The molecule has 3 amide bonds. The van der Waals surface area contributed by atoms with Gasteiger partial charge in [0.15, 0.2) is 0 Å². The van der Waals surface area contributed by atoms with Gasteiger partial charge in [0.05, 0.1) is 6.54 Å². The highest BCUT2D eigenvalue weighted by Crippen LogP contribution is 2.24. The number of imide groups is 1. The van der Waals surface area contributed by atoms with Crippen molar-refractivity contribution in [3.8, 4) is 11.5 Å². The minimum atomic E-state index is -2.87. The molecule has 2 aromatic rings. The maximum atomic E-state index is 12.8. The third-order valence-electron chi connectivity index (χ3n) is 5.07. The van der Waals surface area contributed by atoms with E-state index in [0.717, 1.165) is 16.0 Å². The third-order valence-corrected chi connectivity index (χ3v) is 5.07. The van der Waals surface area contributed by atoms with Gasteiger partial charge in [-0.3, -0.25) is 9.69 Å². The molecule has 1 heterocycles. The molecule has 0 aromatic heterocycles. The van der Waals surface area contributed by atoms with Gasteiger partial charge >= 0.3 is 12.6 Å². The van der Waals surface area contributed by atoms with Crippen molar-refractivity contribution in [1.29, 1.82) is 0 Å². The quantitative estimate of drug-likeness (QED) is 0.627. The molecule has 1 aliphatic heterocycles. The second-order valence-electron chi connectivity index (χ2n) is 7.36. The van der Waals surface area contributed by atoms with E-state index in [1.54, 1.807) is 19.1 Å². The number of aryl methyl sites for hydroxylation is 2. The highest BCUT2D eigenvalue weighted by molar-refractivity contribution is 6.06. The molecule has 1 fully saturated rings. The number of carbonyl (C=O) groups is 2. The number of ether oxygens (including phenoxy) is 2. The van der Waals surface area contributed by atoms with Crippen molar-refractivity contribution in [2.75, 3.05) is 13.2 Å². The Balaban J connectivity index is 1.54. The fourth-order valence-corrected chi connectivity index (χ4v) is 3.32. The lowest BCUT2D eigenvalue weighted by Crippen LogP contribution is -2.44. The summed E-state index contributed by atoms with van der Waals surface area (Å²) in [6, 6.07) is 13.3. The molecule has 160 valence electrons. The Labute approximate surface area is 173 Å². The van der Waals surface area contributed by atoms with E-state index < -0.39 is 18.2 Å². The van der Waals surface area contributed by atoms with Crippen LogP contribution in [0.4, 0.5) is 13.6 Å². The number of hydrogen-bond donors (Lipinski definition) is 1. The summed E-state index contributed by atoms with van der Waals surface area (Å²) in [4.78, 5) is 26.3. The molecular weight excluding hydrogens is 394 g/mol. The van der Waals surface area contributed by atoms with Crippen molar-refractivity contribution >= 4 is 11.9 Å². The lowest BCUT2D eigenvalue weighted by atomic mass is 9.93. The van der Waals surface area contributed by atoms with Gasteiger partial charge in [0.25, 0.3) is 5.91 Å². The molecule has 2 aromatic carbocycles. The van der Waals surface area contributed by atoms with E-state index in [4.69, 9.17) is 4.74 Å². The zero-order valence-corrected chi connectivity index (χ0v) is 16.9. The number of carbonyl (C=O) groups excluding carboxylic acids is 2. The van der Waals surface area contributed by atoms with Crippen molar-refractivity contribution in [3.05, 3.63) is 59.7 Å². The van der Waals surface area contributed by atoms with E-state index in [1.165, 1.54) is 12.1 Å². The monoisotopic (exact) mass is 418 g/mol. The van der Waals surface area contributed by atoms with Crippen LogP contribution in [0.2, 0.25) is 0 Å². The number of alkyl halides is 2. The number of halogens is 2. The summed E-state index contributed by atoms with van der Waals surface area (Å²) in [5.41, 5.74) is 0.795.